The van der Waals surface area contributed by atoms with Gasteiger partial charge in [-0.15, -0.1) is 0 Å². The lowest BCUT2D eigenvalue weighted by atomic mass is 10.1. The molecule has 4 N–H and O–H groups in total. The van der Waals surface area contributed by atoms with Crippen LogP contribution in [-0.2, 0) is 0 Å². The Balaban J connectivity index is 2.60. The minimum atomic E-state index is -0.934. The predicted octanol–water partition coefficient (Wildman–Crippen LogP) is 1.97. The molecule has 0 fully saturated rings. The molecule has 96 valence electrons. The Labute approximate surface area is 99.6 Å². The Bertz CT molecular complexity index is 349. The number of nitrogens with two attached hydrogens (primary N) is 1. The highest BCUT2D eigenvalue weighted by Gasteiger charge is 2.13. The van der Waals surface area contributed by atoms with Gasteiger partial charge in [0.2, 0.25) is 0 Å². The van der Waals surface area contributed by atoms with Gasteiger partial charge in [0.25, 0.3) is 0 Å². The molecular weight excluding hydrogens is 226 g/mol. The molecule has 0 heterocycles. The van der Waals surface area contributed by atoms with Crippen LogP contribution in [0.5, 0.6) is 0 Å². The number of halogens is 2. The van der Waals surface area contributed by atoms with Crippen molar-refractivity contribution >= 4 is 5.69 Å². The third kappa shape index (κ3) is 3.94. The molecule has 1 aromatic rings. The van der Waals surface area contributed by atoms with E-state index in [1.165, 1.54) is 0 Å². The number of rotatable bonds is 6. The van der Waals surface area contributed by atoms with E-state index < -0.39 is 23.4 Å². The Morgan fingerprint density at radius 2 is 1.94 bits per heavy atom. The lowest BCUT2D eigenvalue weighted by Crippen LogP contribution is -2.22. The van der Waals surface area contributed by atoms with Crippen LogP contribution in [0.2, 0.25) is 0 Å². The van der Waals surface area contributed by atoms with Crippen LogP contribution in [0.1, 0.15) is 31.4 Å². The predicted molar refractivity (Wildman–Crippen MR) is 63.5 cm³/mol. The lowest BCUT2D eigenvalue weighted by Gasteiger charge is -2.13. The molecule has 0 radical (unpaired) electrons. The summed E-state index contributed by atoms with van der Waals surface area (Å²) in [6.45, 7) is 3.10. The standard InChI is InChI=1S/C12H18F2N2O/c1-2-3-4-16-7-11(17)8-5-9(13)12(15)10(14)6-8/h5-6,11,16-17H,2-4,7,15H2,1H3. The molecular formula is C12H18F2N2O. The normalized spacial score (nSPS) is 12.7. The first-order chi connectivity index (χ1) is 8.06. The average Bonchev–Trinajstić information content (AvgIpc) is 2.30. The zero-order chi connectivity index (χ0) is 12.8. The van der Waals surface area contributed by atoms with Crippen LogP contribution in [0.4, 0.5) is 14.5 Å². The first kappa shape index (κ1) is 13.9. The van der Waals surface area contributed by atoms with Gasteiger partial charge in [-0.3, -0.25) is 0 Å². The van der Waals surface area contributed by atoms with Crippen molar-refractivity contribution in [3.8, 4) is 0 Å². The van der Waals surface area contributed by atoms with Crippen molar-refractivity contribution in [3.63, 3.8) is 0 Å². The van der Waals surface area contributed by atoms with E-state index in [2.05, 4.69) is 12.2 Å². The van der Waals surface area contributed by atoms with Gasteiger partial charge in [-0.25, -0.2) is 8.78 Å². The van der Waals surface area contributed by atoms with E-state index in [0.717, 1.165) is 31.5 Å². The van der Waals surface area contributed by atoms with Crippen molar-refractivity contribution in [3.05, 3.63) is 29.3 Å². The molecule has 3 nitrogen and oxygen atoms in total. The van der Waals surface area contributed by atoms with Crippen molar-refractivity contribution < 1.29 is 13.9 Å². The molecule has 17 heavy (non-hydrogen) atoms. The highest BCUT2D eigenvalue weighted by molar-refractivity contribution is 5.43. The number of hydrogen-bond donors (Lipinski definition) is 3. The molecule has 1 unspecified atom stereocenters. The monoisotopic (exact) mass is 244 g/mol. The molecule has 0 bridgehead atoms. The third-order valence-corrected chi connectivity index (χ3v) is 2.53. The molecule has 1 rings (SSSR count). The fourth-order valence-electron chi connectivity index (χ4n) is 1.45. The molecule has 0 aliphatic rings. The van der Waals surface area contributed by atoms with Gasteiger partial charge in [-0.05, 0) is 30.7 Å². The molecule has 0 saturated carbocycles. The van der Waals surface area contributed by atoms with Crippen molar-refractivity contribution in [2.45, 2.75) is 25.9 Å². The van der Waals surface area contributed by atoms with Crippen molar-refractivity contribution in [2.24, 2.45) is 0 Å². The zero-order valence-corrected chi connectivity index (χ0v) is 9.84. The minimum Gasteiger partial charge on any atom is -0.394 e. The SMILES string of the molecule is CCCCNCC(O)c1cc(F)c(N)c(F)c1. The number of unbranched alkanes of at least 4 members (excludes halogenated alkanes) is 1. The highest BCUT2D eigenvalue weighted by Crippen LogP contribution is 2.21. The Hall–Kier alpha value is -1.20. The fourth-order valence-corrected chi connectivity index (χ4v) is 1.45. The van der Waals surface area contributed by atoms with E-state index >= 15 is 0 Å². The number of aliphatic hydroxyl groups is 1. The number of aliphatic hydroxyl groups excluding tert-OH is 1. The summed E-state index contributed by atoms with van der Waals surface area (Å²) >= 11 is 0. The minimum absolute atomic E-state index is 0.193. The first-order valence-corrected chi connectivity index (χ1v) is 5.69. The second-order valence-electron chi connectivity index (χ2n) is 3.97. The maximum absolute atomic E-state index is 13.1. The van der Waals surface area contributed by atoms with E-state index in [1.807, 2.05) is 0 Å². The van der Waals surface area contributed by atoms with E-state index in [9.17, 15) is 13.9 Å². The van der Waals surface area contributed by atoms with Gasteiger partial charge in [0.05, 0.1) is 6.10 Å². The molecule has 0 aliphatic carbocycles. The number of nitrogens with one attached hydrogen (secondary N) is 1. The second kappa shape index (κ2) is 6.51. The van der Waals surface area contributed by atoms with E-state index in [1.54, 1.807) is 0 Å². The summed E-state index contributed by atoms with van der Waals surface area (Å²) in [4.78, 5) is 0. The van der Waals surface area contributed by atoms with Crippen LogP contribution in [0, 0.1) is 11.6 Å². The van der Waals surface area contributed by atoms with Crippen molar-refractivity contribution in [1.29, 1.82) is 0 Å². The van der Waals surface area contributed by atoms with Crippen LogP contribution in [0.3, 0.4) is 0 Å². The summed E-state index contributed by atoms with van der Waals surface area (Å²) < 4.78 is 26.3. The largest absolute Gasteiger partial charge is 0.394 e. The van der Waals surface area contributed by atoms with Gasteiger partial charge in [0.1, 0.15) is 17.3 Å². The van der Waals surface area contributed by atoms with Crippen LogP contribution >= 0.6 is 0 Å². The van der Waals surface area contributed by atoms with E-state index in [0.29, 0.717) is 0 Å². The topological polar surface area (TPSA) is 58.3 Å². The first-order valence-electron chi connectivity index (χ1n) is 5.69. The van der Waals surface area contributed by atoms with Crippen molar-refractivity contribution in [1.82, 2.24) is 5.32 Å². The third-order valence-electron chi connectivity index (χ3n) is 2.53. The number of anilines is 1. The fraction of sp³-hybridized carbons (Fsp3) is 0.500. The van der Waals surface area contributed by atoms with Crippen LogP contribution in [0.25, 0.3) is 0 Å². The Kier molecular flexibility index (Phi) is 5.31. The molecule has 1 aromatic carbocycles. The van der Waals surface area contributed by atoms with Crippen LogP contribution in [0.15, 0.2) is 12.1 Å². The van der Waals surface area contributed by atoms with Gasteiger partial charge in [-0.1, -0.05) is 13.3 Å². The molecule has 0 aromatic heterocycles. The number of nitrogen functional groups attached to an aromatic ring is 1. The van der Waals surface area contributed by atoms with Gasteiger partial charge < -0.3 is 16.2 Å². The lowest BCUT2D eigenvalue weighted by molar-refractivity contribution is 0.174. The summed E-state index contributed by atoms with van der Waals surface area (Å²) in [6.07, 6.45) is 1.11. The summed E-state index contributed by atoms with van der Waals surface area (Å²) in [5.74, 6) is -1.68. The summed E-state index contributed by atoms with van der Waals surface area (Å²) in [5, 5.41) is 12.7. The molecule has 0 spiro atoms. The Morgan fingerprint density at radius 3 is 2.47 bits per heavy atom. The van der Waals surface area contributed by atoms with Gasteiger partial charge in [0.15, 0.2) is 0 Å². The molecule has 0 saturated heterocycles. The smallest absolute Gasteiger partial charge is 0.149 e. The molecule has 0 aliphatic heterocycles. The summed E-state index contributed by atoms with van der Waals surface area (Å²) in [7, 11) is 0. The summed E-state index contributed by atoms with van der Waals surface area (Å²) in [5.41, 5.74) is 4.82. The van der Waals surface area contributed by atoms with Gasteiger partial charge >= 0.3 is 0 Å². The van der Waals surface area contributed by atoms with Crippen molar-refractivity contribution in [2.75, 3.05) is 18.8 Å². The summed E-state index contributed by atoms with van der Waals surface area (Å²) in [6, 6.07) is 2.12. The zero-order valence-electron chi connectivity index (χ0n) is 9.84. The number of hydrogen-bond acceptors (Lipinski definition) is 3. The maximum Gasteiger partial charge on any atom is 0.149 e. The molecule has 0 amide bonds. The quantitative estimate of drug-likeness (QED) is 0.529. The Morgan fingerprint density at radius 1 is 1.35 bits per heavy atom. The van der Waals surface area contributed by atoms with Gasteiger partial charge in [0, 0.05) is 6.54 Å². The highest BCUT2D eigenvalue weighted by atomic mass is 19.1. The second-order valence-corrected chi connectivity index (χ2v) is 3.97. The molecule has 5 heteroatoms. The van der Waals surface area contributed by atoms with Crippen LogP contribution < -0.4 is 11.1 Å². The van der Waals surface area contributed by atoms with E-state index in [-0.39, 0.29) is 12.1 Å². The van der Waals surface area contributed by atoms with Gasteiger partial charge in [-0.2, -0.15) is 0 Å². The number of benzene rings is 1. The van der Waals surface area contributed by atoms with E-state index in [4.69, 9.17) is 5.73 Å². The average molecular weight is 244 g/mol. The maximum atomic E-state index is 13.1. The van der Waals surface area contributed by atoms with Crippen LogP contribution in [-0.4, -0.2) is 18.2 Å². The molecule has 1 atom stereocenters.